The van der Waals surface area contributed by atoms with Crippen LogP contribution in [0.4, 0.5) is 19.0 Å². The van der Waals surface area contributed by atoms with Gasteiger partial charge in [-0.1, -0.05) is 0 Å². The van der Waals surface area contributed by atoms with Gasteiger partial charge in [-0.25, -0.2) is 9.97 Å². The Morgan fingerprint density at radius 2 is 2.00 bits per heavy atom. The summed E-state index contributed by atoms with van der Waals surface area (Å²) in [5.41, 5.74) is 6.53. The topological polar surface area (TPSA) is 86.3 Å². The highest BCUT2D eigenvalue weighted by molar-refractivity contribution is 5.74. The van der Waals surface area contributed by atoms with Crippen LogP contribution in [0.2, 0.25) is 0 Å². The van der Waals surface area contributed by atoms with Crippen LogP contribution in [-0.2, 0) is 11.2 Å². The number of piperidine rings is 1. The molecule has 0 aromatic carbocycles. The fraction of sp³-hybridized carbons (Fsp3) is 0.550. The van der Waals surface area contributed by atoms with Crippen molar-refractivity contribution in [3.05, 3.63) is 24.3 Å². The third kappa shape index (κ3) is 3.59. The Morgan fingerprint density at radius 1 is 1.30 bits per heavy atom. The van der Waals surface area contributed by atoms with Gasteiger partial charge in [-0.15, -0.1) is 13.2 Å². The normalized spacial score (nSPS) is 25.3. The smallest absolute Gasteiger partial charge is 0.402 e. The van der Waals surface area contributed by atoms with Gasteiger partial charge in [0.1, 0.15) is 5.82 Å². The van der Waals surface area contributed by atoms with Crippen LogP contribution in [0.3, 0.4) is 0 Å². The van der Waals surface area contributed by atoms with Gasteiger partial charge in [0.25, 0.3) is 0 Å². The molecule has 3 fully saturated rings. The minimum atomic E-state index is -4.85. The zero-order valence-electron chi connectivity index (χ0n) is 16.4. The lowest BCUT2D eigenvalue weighted by Gasteiger charge is -2.19. The number of rotatable bonds is 5. The summed E-state index contributed by atoms with van der Waals surface area (Å²) < 4.78 is 44.1. The summed E-state index contributed by atoms with van der Waals surface area (Å²) in [6, 6.07) is 1.51. The molecule has 0 bridgehead atoms. The molecule has 2 saturated carbocycles. The van der Waals surface area contributed by atoms with Crippen molar-refractivity contribution in [2.45, 2.75) is 38.6 Å². The molecule has 2 aliphatic carbocycles. The first-order chi connectivity index (χ1) is 14.2. The van der Waals surface area contributed by atoms with Crippen molar-refractivity contribution in [1.82, 2.24) is 19.4 Å². The largest absolute Gasteiger partial charge is 0.573 e. The molecule has 0 spiro atoms. The van der Waals surface area contributed by atoms with E-state index in [9.17, 15) is 18.0 Å². The van der Waals surface area contributed by atoms with E-state index in [-0.39, 0.29) is 17.8 Å². The zero-order valence-corrected chi connectivity index (χ0v) is 16.4. The van der Waals surface area contributed by atoms with Crippen molar-refractivity contribution in [2.75, 3.05) is 18.8 Å². The van der Waals surface area contributed by atoms with Crippen LogP contribution in [0.25, 0.3) is 11.3 Å². The second-order valence-electron chi connectivity index (χ2n) is 8.49. The SMILES string of the molecule is CC(=O)N1CC2C(C1)C2n1cc(-c2cnc(N)c(OC(F)(F)F)c2)nc1CC1CC1. The van der Waals surface area contributed by atoms with Gasteiger partial charge < -0.3 is 19.9 Å². The minimum absolute atomic E-state index is 0.0932. The summed E-state index contributed by atoms with van der Waals surface area (Å²) in [7, 11) is 0. The molecule has 10 heteroatoms. The Morgan fingerprint density at radius 3 is 2.60 bits per heavy atom. The van der Waals surface area contributed by atoms with Crippen molar-refractivity contribution < 1.29 is 22.7 Å². The van der Waals surface area contributed by atoms with Gasteiger partial charge in [-0.3, -0.25) is 4.79 Å². The van der Waals surface area contributed by atoms with E-state index in [0.717, 1.165) is 25.3 Å². The summed E-state index contributed by atoms with van der Waals surface area (Å²) in [6.45, 7) is 3.07. The van der Waals surface area contributed by atoms with Gasteiger partial charge in [0.05, 0.1) is 5.69 Å². The molecule has 2 unspecified atom stereocenters. The summed E-state index contributed by atoms with van der Waals surface area (Å²) in [6.07, 6.45) is 1.65. The van der Waals surface area contributed by atoms with Crippen molar-refractivity contribution in [1.29, 1.82) is 0 Å². The number of nitrogen functional groups attached to an aromatic ring is 1. The lowest BCUT2D eigenvalue weighted by Crippen LogP contribution is -2.29. The standard InChI is InChI=1S/C20H22F3N5O2/c1-10(29)27-7-13-14(8-27)18(13)28-9-15(26-17(28)4-11-2-3-11)12-5-16(19(24)25-6-12)30-20(21,22)23/h5-6,9,11,13-14,18H,2-4,7-8H2,1H3,(H2,24,25). The highest BCUT2D eigenvalue weighted by Crippen LogP contribution is 2.56. The first-order valence-electron chi connectivity index (χ1n) is 10.0. The molecule has 5 rings (SSSR count). The molecular weight excluding hydrogens is 399 g/mol. The quantitative estimate of drug-likeness (QED) is 0.802. The number of ether oxygens (including phenoxy) is 1. The summed E-state index contributed by atoms with van der Waals surface area (Å²) in [4.78, 5) is 22.1. The minimum Gasteiger partial charge on any atom is -0.402 e. The molecule has 1 aliphatic heterocycles. The Balaban J connectivity index is 1.43. The molecular formula is C20H22F3N5O2. The maximum absolute atomic E-state index is 12.7. The van der Waals surface area contributed by atoms with Crippen LogP contribution in [0.15, 0.2) is 18.5 Å². The van der Waals surface area contributed by atoms with Gasteiger partial charge in [0.15, 0.2) is 11.6 Å². The summed E-state index contributed by atoms with van der Waals surface area (Å²) >= 11 is 0. The number of hydrogen-bond donors (Lipinski definition) is 1. The molecule has 1 amide bonds. The van der Waals surface area contributed by atoms with Crippen molar-refractivity contribution >= 4 is 11.7 Å². The number of alkyl halides is 3. The lowest BCUT2D eigenvalue weighted by molar-refractivity contribution is -0.274. The Bertz CT molecular complexity index is 989. The van der Waals surface area contributed by atoms with Gasteiger partial charge >= 0.3 is 6.36 Å². The Labute approximate surface area is 171 Å². The van der Waals surface area contributed by atoms with Gasteiger partial charge in [-0.2, -0.15) is 0 Å². The molecule has 7 nitrogen and oxygen atoms in total. The monoisotopic (exact) mass is 421 g/mol. The summed E-state index contributed by atoms with van der Waals surface area (Å²) in [5.74, 6) is 1.60. The van der Waals surface area contributed by atoms with E-state index in [4.69, 9.17) is 10.7 Å². The number of halogens is 3. The number of nitrogens with two attached hydrogens (primary N) is 1. The fourth-order valence-electron chi connectivity index (χ4n) is 4.53. The van der Waals surface area contributed by atoms with Crippen LogP contribution >= 0.6 is 0 Å². The number of nitrogens with zero attached hydrogens (tertiary/aromatic N) is 4. The molecule has 2 aromatic rings. The average molecular weight is 421 g/mol. The molecule has 2 N–H and O–H groups in total. The number of carbonyl (C=O) groups excluding carboxylic acids is 1. The van der Waals surface area contributed by atoms with Gasteiger partial charge in [-0.05, 0) is 24.8 Å². The third-order valence-corrected chi connectivity index (χ3v) is 6.30. The number of aromatic nitrogens is 3. The number of hydrogen-bond acceptors (Lipinski definition) is 5. The van der Waals surface area contributed by atoms with E-state index < -0.39 is 12.1 Å². The number of likely N-dealkylation sites (tertiary alicyclic amines) is 1. The highest BCUT2D eigenvalue weighted by Gasteiger charge is 2.58. The van der Waals surface area contributed by atoms with E-state index in [2.05, 4.69) is 14.3 Å². The second kappa shape index (κ2) is 6.61. The van der Waals surface area contributed by atoms with Crippen LogP contribution in [0.1, 0.15) is 31.6 Å². The average Bonchev–Trinajstić information content (AvgIpc) is 3.50. The third-order valence-electron chi connectivity index (χ3n) is 6.30. The van der Waals surface area contributed by atoms with Crippen LogP contribution in [-0.4, -0.2) is 44.8 Å². The first kappa shape index (κ1) is 19.2. The highest BCUT2D eigenvalue weighted by atomic mass is 19.4. The number of amides is 1. The zero-order chi connectivity index (χ0) is 21.2. The molecule has 1 saturated heterocycles. The van der Waals surface area contributed by atoms with Crippen molar-refractivity contribution in [2.24, 2.45) is 17.8 Å². The van der Waals surface area contributed by atoms with Crippen LogP contribution < -0.4 is 10.5 Å². The molecule has 0 radical (unpaired) electrons. The maximum atomic E-state index is 12.7. The number of pyridine rings is 1. The maximum Gasteiger partial charge on any atom is 0.573 e. The molecule has 3 heterocycles. The lowest BCUT2D eigenvalue weighted by atomic mass is 10.2. The number of carbonyl (C=O) groups is 1. The van der Waals surface area contributed by atoms with E-state index >= 15 is 0 Å². The summed E-state index contributed by atoms with van der Waals surface area (Å²) in [5, 5.41) is 0. The van der Waals surface area contributed by atoms with E-state index in [0.29, 0.717) is 29.0 Å². The van der Waals surface area contributed by atoms with Crippen LogP contribution in [0.5, 0.6) is 5.75 Å². The van der Waals surface area contributed by atoms with E-state index in [1.165, 1.54) is 25.1 Å². The molecule has 2 atom stereocenters. The number of anilines is 1. The predicted molar refractivity (Wildman–Crippen MR) is 101 cm³/mol. The molecule has 3 aliphatic rings. The predicted octanol–water partition coefficient (Wildman–Crippen LogP) is 3.03. The molecule has 2 aromatic heterocycles. The van der Waals surface area contributed by atoms with E-state index in [1.54, 1.807) is 6.92 Å². The Kier molecular flexibility index (Phi) is 4.23. The van der Waals surface area contributed by atoms with E-state index in [1.807, 2.05) is 11.1 Å². The molecule has 160 valence electrons. The number of imidazole rings is 1. The fourth-order valence-corrected chi connectivity index (χ4v) is 4.53. The van der Waals surface area contributed by atoms with Crippen LogP contribution in [0, 0.1) is 17.8 Å². The number of fused-ring (bicyclic) bond motifs is 1. The van der Waals surface area contributed by atoms with Crippen molar-refractivity contribution in [3.63, 3.8) is 0 Å². The molecule has 30 heavy (non-hydrogen) atoms. The first-order valence-corrected chi connectivity index (χ1v) is 10.0. The van der Waals surface area contributed by atoms with Gasteiger partial charge in [0, 0.05) is 62.3 Å². The Hall–Kier alpha value is -2.78. The van der Waals surface area contributed by atoms with Gasteiger partial charge in [0.2, 0.25) is 5.91 Å². The second-order valence-corrected chi connectivity index (χ2v) is 8.49. The van der Waals surface area contributed by atoms with Crippen molar-refractivity contribution in [3.8, 4) is 17.0 Å².